The molecule has 0 unspecified atom stereocenters. The van der Waals surface area contributed by atoms with Crippen LogP contribution in [0.5, 0.6) is 0 Å². The summed E-state index contributed by atoms with van der Waals surface area (Å²) in [5.74, 6) is 0.167. The summed E-state index contributed by atoms with van der Waals surface area (Å²) >= 11 is 0. The first-order valence-corrected chi connectivity index (χ1v) is 11.4. The van der Waals surface area contributed by atoms with Crippen molar-refractivity contribution >= 4 is 26.5 Å². The molecule has 1 aromatic heterocycles. The Morgan fingerprint density at radius 3 is 2.54 bits per heavy atom. The fourth-order valence-corrected chi connectivity index (χ4v) is 4.93. The second-order valence-corrected chi connectivity index (χ2v) is 9.46. The Balaban J connectivity index is 1.60. The third kappa shape index (κ3) is 3.88. The van der Waals surface area contributed by atoms with Crippen molar-refractivity contribution in [3.05, 3.63) is 60.9 Å². The smallest absolute Gasteiger partial charge is 0.213 e. The predicted molar refractivity (Wildman–Crippen MR) is 115 cm³/mol. The van der Waals surface area contributed by atoms with Gasteiger partial charge in [-0.1, -0.05) is 30.3 Å². The van der Waals surface area contributed by atoms with Gasteiger partial charge in [-0.15, -0.1) is 0 Å². The molecule has 28 heavy (non-hydrogen) atoms. The Morgan fingerprint density at radius 1 is 1.07 bits per heavy atom. The second-order valence-electron chi connectivity index (χ2n) is 7.20. The number of rotatable bonds is 5. The Kier molecular flexibility index (Phi) is 5.33. The molecule has 0 radical (unpaired) electrons. The lowest BCUT2D eigenvalue weighted by atomic mass is 9.99. The summed E-state index contributed by atoms with van der Waals surface area (Å²) in [5.41, 5.74) is 3.39. The highest BCUT2D eigenvalue weighted by Crippen LogP contribution is 2.32. The molecule has 0 atom stereocenters. The SMILES string of the molecule is CCS(=O)(=O)N1CCC(Nc2cc(-c3ccccc3)cc3ccncc23)CC1. The van der Waals surface area contributed by atoms with Gasteiger partial charge in [0.25, 0.3) is 0 Å². The highest BCUT2D eigenvalue weighted by atomic mass is 32.2. The third-order valence-electron chi connectivity index (χ3n) is 5.43. The van der Waals surface area contributed by atoms with E-state index in [1.807, 2.05) is 36.7 Å². The summed E-state index contributed by atoms with van der Waals surface area (Å²) in [7, 11) is -3.10. The van der Waals surface area contributed by atoms with E-state index < -0.39 is 10.0 Å². The van der Waals surface area contributed by atoms with Crippen LogP contribution in [0.15, 0.2) is 60.9 Å². The number of sulfonamides is 1. The first-order valence-electron chi connectivity index (χ1n) is 9.74. The van der Waals surface area contributed by atoms with Gasteiger partial charge in [-0.05, 0) is 54.5 Å². The van der Waals surface area contributed by atoms with Gasteiger partial charge in [0.1, 0.15) is 0 Å². The van der Waals surface area contributed by atoms with Crippen molar-refractivity contribution in [3.8, 4) is 11.1 Å². The molecule has 1 aliphatic rings. The highest BCUT2D eigenvalue weighted by Gasteiger charge is 2.26. The van der Waals surface area contributed by atoms with Crippen LogP contribution in [-0.4, -0.2) is 42.6 Å². The minimum atomic E-state index is -3.10. The number of nitrogens with zero attached hydrogens (tertiary/aromatic N) is 2. The lowest BCUT2D eigenvalue weighted by Gasteiger charge is -2.32. The van der Waals surface area contributed by atoms with E-state index in [0.29, 0.717) is 13.1 Å². The van der Waals surface area contributed by atoms with Gasteiger partial charge in [0.15, 0.2) is 0 Å². The van der Waals surface area contributed by atoms with E-state index in [-0.39, 0.29) is 11.8 Å². The number of benzene rings is 2. The minimum Gasteiger partial charge on any atom is -0.382 e. The van der Waals surface area contributed by atoms with Crippen LogP contribution in [0.1, 0.15) is 19.8 Å². The van der Waals surface area contributed by atoms with E-state index in [1.54, 1.807) is 11.2 Å². The Bertz CT molecular complexity index is 1060. The maximum atomic E-state index is 12.1. The number of aromatic nitrogens is 1. The molecular weight excluding hydrogens is 370 g/mol. The van der Waals surface area contributed by atoms with Crippen LogP contribution in [0, 0.1) is 0 Å². The topological polar surface area (TPSA) is 62.3 Å². The monoisotopic (exact) mass is 395 g/mol. The number of nitrogens with one attached hydrogen (secondary N) is 1. The molecule has 146 valence electrons. The number of hydrogen-bond donors (Lipinski definition) is 1. The molecule has 1 aliphatic heterocycles. The molecule has 5 nitrogen and oxygen atoms in total. The molecule has 4 rings (SSSR count). The van der Waals surface area contributed by atoms with Crippen LogP contribution in [-0.2, 0) is 10.0 Å². The molecule has 0 saturated carbocycles. The predicted octanol–water partition coefficient (Wildman–Crippen LogP) is 4.13. The molecular formula is C22H25N3O2S. The summed E-state index contributed by atoms with van der Waals surface area (Å²) in [6.45, 7) is 2.85. The number of piperidine rings is 1. The summed E-state index contributed by atoms with van der Waals surface area (Å²) in [5, 5.41) is 5.89. The van der Waals surface area contributed by atoms with E-state index in [0.717, 1.165) is 34.9 Å². The minimum absolute atomic E-state index is 0.167. The molecule has 3 aromatic rings. The van der Waals surface area contributed by atoms with Crippen LogP contribution in [0.3, 0.4) is 0 Å². The van der Waals surface area contributed by atoms with E-state index >= 15 is 0 Å². The molecule has 2 heterocycles. The van der Waals surface area contributed by atoms with E-state index in [9.17, 15) is 8.42 Å². The van der Waals surface area contributed by atoms with Crippen molar-refractivity contribution < 1.29 is 8.42 Å². The van der Waals surface area contributed by atoms with Gasteiger partial charge in [0, 0.05) is 42.6 Å². The van der Waals surface area contributed by atoms with Gasteiger partial charge < -0.3 is 5.32 Å². The van der Waals surface area contributed by atoms with Crippen LogP contribution in [0.2, 0.25) is 0 Å². The molecule has 0 amide bonds. The van der Waals surface area contributed by atoms with Gasteiger partial charge >= 0.3 is 0 Å². The van der Waals surface area contributed by atoms with Gasteiger partial charge in [-0.3, -0.25) is 4.98 Å². The largest absolute Gasteiger partial charge is 0.382 e. The molecule has 0 spiro atoms. The maximum Gasteiger partial charge on any atom is 0.213 e. The zero-order chi connectivity index (χ0) is 19.6. The average molecular weight is 396 g/mol. The fourth-order valence-electron chi connectivity index (χ4n) is 3.80. The normalized spacial score (nSPS) is 16.3. The van der Waals surface area contributed by atoms with Gasteiger partial charge in [-0.2, -0.15) is 0 Å². The quantitative estimate of drug-likeness (QED) is 0.706. The Morgan fingerprint density at radius 2 is 1.82 bits per heavy atom. The number of hydrogen-bond acceptors (Lipinski definition) is 4. The van der Waals surface area contributed by atoms with Gasteiger partial charge in [0.05, 0.1) is 5.75 Å². The van der Waals surface area contributed by atoms with Crippen molar-refractivity contribution in [1.29, 1.82) is 0 Å². The zero-order valence-electron chi connectivity index (χ0n) is 16.0. The van der Waals surface area contributed by atoms with Crippen molar-refractivity contribution in [2.45, 2.75) is 25.8 Å². The molecule has 1 saturated heterocycles. The van der Waals surface area contributed by atoms with Crippen LogP contribution < -0.4 is 5.32 Å². The number of fused-ring (bicyclic) bond motifs is 1. The van der Waals surface area contributed by atoms with E-state index in [2.05, 4.69) is 34.6 Å². The Hall–Kier alpha value is -2.44. The molecule has 1 N–H and O–H groups in total. The number of pyridine rings is 1. The molecule has 2 aromatic carbocycles. The first-order chi connectivity index (χ1) is 13.6. The maximum absolute atomic E-state index is 12.1. The van der Waals surface area contributed by atoms with Gasteiger partial charge in [-0.25, -0.2) is 12.7 Å². The van der Waals surface area contributed by atoms with Crippen molar-refractivity contribution in [3.63, 3.8) is 0 Å². The zero-order valence-corrected chi connectivity index (χ0v) is 16.8. The van der Waals surface area contributed by atoms with Crippen molar-refractivity contribution in [2.75, 3.05) is 24.2 Å². The second kappa shape index (κ2) is 7.89. The van der Waals surface area contributed by atoms with E-state index in [1.165, 1.54) is 5.56 Å². The third-order valence-corrected chi connectivity index (χ3v) is 7.32. The lowest BCUT2D eigenvalue weighted by Crippen LogP contribution is -2.42. The number of anilines is 1. The standard InChI is InChI=1S/C22H25N3O2S/c1-2-28(26,27)25-12-9-20(10-13-25)24-22-15-19(17-6-4-3-5-7-17)14-18-8-11-23-16-21(18)22/h3-8,11,14-16,20,24H,2,9-10,12-13H2,1H3. The molecule has 1 fully saturated rings. The summed E-state index contributed by atoms with van der Waals surface area (Å²) < 4.78 is 25.8. The van der Waals surface area contributed by atoms with Crippen molar-refractivity contribution in [1.82, 2.24) is 9.29 Å². The fraction of sp³-hybridized carbons (Fsp3) is 0.318. The van der Waals surface area contributed by atoms with Crippen LogP contribution in [0.25, 0.3) is 21.9 Å². The molecule has 6 heteroatoms. The summed E-state index contributed by atoms with van der Waals surface area (Å²) in [4.78, 5) is 4.30. The van der Waals surface area contributed by atoms with E-state index in [4.69, 9.17) is 0 Å². The Labute approximate surface area is 166 Å². The summed E-state index contributed by atoms with van der Waals surface area (Å²) in [6, 6.07) is 17.0. The first kappa shape index (κ1) is 18.9. The molecule has 0 aliphatic carbocycles. The van der Waals surface area contributed by atoms with Crippen LogP contribution in [0.4, 0.5) is 5.69 Å². The highest BCUT2D eigenvalue weighted by molar-refractivity contribution is 7.89. The lowest BCUT2D eigenvalue weighted by molar-refractivity contribution is 0.330. The van der Waals surface area contributed by atoms with Crippen molar-refractivity contribution in [2.24, 2.45) is 0 Å². The van der Waals surface area contributed by atoms with Crippen LogP contribution >= 0.6 is 0 Å². The van der Waals surface area contributed by atoms with Gasteiger partial charge in [0.2, 0.25) is 10.0 Å². The summed E-state index contributed by atoms with van der Waals surface area (Å²) in [6.07, 6.45) is 5.31. The average Bonchev–Trinajstić information content (AvgIpc) is 2.74. The molecule has 0 bridgehead atoms.